The topological polar surface area (TPSA) is 35.0 Å². The molecule has 2 unspecified atom stereocenters. The second-order valence-electron chi connectivity index (χ2n) is 9.20. The summed E-state index contributed by atoms with van der Waals surface area (Å²) in [6.45, 7) is 6.66. The van der Waals surface area contributed by atoms with Gasteiger partial charge in [0, 0.05) is 18.0 Å². The average Bonchev–Trinajstić information content (AvgIpc) is 2.81. The molecule has 32 heavy (non-hydrogen) atoms. The van der Waals surface area contributed by atoms with Crippen molar-refractivity contribution in [3.63, 3.8) is 0 Å². The molecule has 0 aliphatic carbocycles. The number of aromatic nitrogens is 2. The van der Waals surface area contributed by atoms with Crippen molar-refractivity contribution in [2.45, 2.75) is 104 Å². The number of benzene rings is 1. The molecule has 0 N–H and O–H groups in total. The third-order valence-electron chi connectivity index (χ3n) is 6.03. The molecule has 0 fully saturated rings. The number of alkyl halides is 1. The van der Waals surface area contributed by atoms with Gasteiger partial charge in [0.15, 0.2) is 5.82 Å². The summed E-state index contributed by atoms with van der Waals surface area (Å²) in [4.78, 5) is 9.07. The SMILES string of the molecule is CCCCCCCCCc1cnc(-c2ccc(OCC(F)CC(C)CCCC)cc2)nc1. The summed E-state index contributed by atoms with van der Waals surface area (Å²) < 4.78 is 19.8. The number of aryl methyl sites for hydroxylation is 1. The fraction of sp³-hybridized carbons (Fsp3) is 0.643. The quantitative estimate of drug-likeness (QED) is 0.231. The summed E-state index contributed by atoms with van der Waals surface area (Å²) in [7, 11) is 0. The molecule has 2 rings (SSSR count). The van der Waals surface area contributed by atoms with Crippen molar-refractivity contribution in [2.75, 3.05) is 6.61 Å². The molecule has 2 atom stereocenters. The Balaban J connectivity index is 1.71. The molecule has 2 aromatic rings. The molecule has 0 saturated heterocycles. The highest BCUT2D eigenvalue weighted by atomic mass is 19.1. The van der Waals surface area contributed by atoms with E-state index in [1.54, 1.807) is 0 Å². The minimum absolute atomic E-state index is 0.111. The van der Waals surface area contributed by atoms with Crippen LogP contribution in [0, 0.1) is 5.92 Å². The van der Waals surface area contributed by atoms with Crippen LogP contribution in [0.2, 0.25) is 0 Å². The molecule has 1 heterocycles. The Hall–Kier alpha value is -1.97. The molecule has 0 aliphatic heterocycles. The van der Waals surface area contributed by atoms with Gasteiger partial charge < -0.3 is 4.74 Å². The summed E-state index contributed by atoms with van der Waals surface area (Å²) in [5.74, 6) is 1.81. The lowest BCUT2D eigenvalue weighted by molar-refractivity contribution is 0.168. The summed E-state index contributed by atoms with van der Waals surface area (Å²) in [6.07, 6.45) is 17.2. The van der Waals surface area contributed by atoms with E-state index in [0.29, 0.717) is 23.9 Å². The number of ether oxygens (including phenoxy) is 1. The van der Waals surface area contributed by atoms with Crippen LogP contribution in [-0.2, 0) is 6.42 Å². The van der Waals surface area contributed by atoms with Crippen molar-refractivity contribution in [1.29, 1.82) is 0 Å². The van der Waals surface area contributed by atoms with Gasteiger partial charge in [0.2, 0.25) is 0 Å². The van der Waals surface area contributed by atoms with Crippen LogP contribution in [0.15, 0.2) is 36.7 Å². The summed E-state index contributed by atoms with van der Waals surface area (Å²) in [6, 6.07) is 7.63. The van der Waals surface area contributed by atoms with Crippen molar-refractivity contribution in [2.24, 2.45) is 5.92 Å². The van der Waals surface area contributed by atoms with Crippen LogP contribution in [0.3, 0.4) is 0 Å². The van der Waals surface area contributed by atoms with Crippen LogP contribution < -0.4 is 4.74 Å². The van der Waals surface area contributed by atoms with Crippen LogP contribution in [0.25, 0.3) is 11.4 Å². The maximum absolute atomic E-state index is 14.2. The van der Waals surface area contributed by atoms with Crippen LogP contribution in [0.5, 0.6) is 5.75 Å². The largest absolute Gasteiger partial charge is 0.491 e. The zero-order valence-corrected chi connectivity index (χ0v) is 20.5. The second kappa shape index (κ2) is 15.8. The predicted molar refractivity (Wildman–Crippen MR) is 133 cm³/mol. The molecule has 0 aliphatic rings. The zero-order valence-electron chi connectivity index (χ0n) is 20.5. The first-order valence-electron chi connectivity index (χ1n) is 12.8. The molecule has 4 heteroatoms. The van der Waals surface area contributed by atoms with Crippen molar-refractivity contribution in [3.05, 3.63) is 42.2 Å². The van der Waals surface area contributed by atoms with Crippen molar-refractivity contribution in [3.8, 4) is 17.1 Å². The maximum Gasteiger partial charge on any atom is 0.159 e. The van der Waals surface area contributed by atoms with E-state index in [1.807, 2.05) is 36.7 Å². The Morgan fingerprint density at radius 1 is 0.844 bits per heavy atom. The van der Waals surface area contributed by atoms with Crippen LogP contribution in [-0.4, -0.2) is 22.7 Å². The van der Waals surface area contributed by atoms with Gasteiger partial charge >= 0.3 is 0 Å². The van der Waals surface area contributed by atoms with E-state index in [1.165, 1.54) is 56.9 Å². The summed E-state index contributed by atoms with van der Waals surface area (Å²) in [5.41, 5.74) is 2.15. The first kappa shape index (κ1) is 26.3. The molecule has 0 bridgehead atoms. The maximum atomic E-state index is 14.2. The highest BCUT2D eigenvalue weighted by molar-refractivity contribution is 5.55. The Labute approximate surface area is 195 Å². The van der Waals surface area contributed by atoms with Gasteiger partial charge in [0.25, 0.3) is 0 Å². The average molecular weight is 443 g/mol. The Bertz CT molecular complexity index is 717. The number of hydrogen-bond donors (Lipinski definition) is 0. The first-order chi connectivity index (χ1) is 15.6. The Morgan fingerprint density at radius 2 is 1.47 bits per heavy atom. The van der Waals surface area contributed by atoms with Gasteiger partial charge in [-0.25, -0.2) is 14.4 Å². The molecule has 1 aromatic heterocycles. The molecule has 3 nitrogen and oxygen atoms in total. The number of hydrogen-bond acceptors (Lipinski definition) is 3. The highest BCUT2D eigenvalue weighted by Crippen LogP contribution is 2.21. The third kappa shape index (κ3) is 10.6. The summed E-state index contributed by atoms with van der Waals surface area (Å²) in [5, 5.41) is 0. The lowest BCUT2D eigenvalue weighted by atomic mass is 9.98. The van der Waals surface area contributed by atoms with E-state index in [-0.39, 0.29) is 6.61 Å². The van der Waals surface area contributed by atoms with E-state index >= 15 is 0 Å². The second-order valence-corrected chi connectivity index (χ2v) is 9.20. The Kier molecular flexibility index (Phi) is 13.0. The number of unbranched alkanes of at least 4 members (excludes halogenated alkanes) is 7. The van der Waals surface area contributed by atoms with Crippen molar-refractivity contribution < 1.29 is 9.13 Å². The monoisotopic (exact) mass is 442 g/mol. The van der Waals surface area contributed by atoms with Gasteiger partial charge in [0.1, 0.15) is 18.5 Å². The summed E-state index contributed by atoms with van der Waals surface area (Å²) >= 11 is 0. The Morgan fingerprint density at radius 3 is 2.12 bits per heavy atom. The van der Waals surface area contributed by atoms with Crippen LogP contribution in [0.4, 0.5) is 4.39 Å². The molecule has 0 amide bonds. The number of halogens is 1. The minimum Gasteiger partial charge on any atom is -0.491 e. The molecule has 0 saturated carbocycles. The zero-order chi connectivity index (χ0) is 23.0. The van der Waals surface area contributed by atoms with E-state index in [9.17, 15) is 4.39 Å². The molecular weight excluding hydrogens is 399 g/mol. The van der Waals surface area contributed by atoms with Crippen LogP contribution >= 0.6 is 0 Å². The van der Waals surface area contributed by atoms with Gasteiger partial charge in [-0.05, 0) is 55.0 Å². The van der Waals surface area contributed by atoms with Gasteiger partial charge in [0.05, 0.1) is 0 Å². The van der Waals surface area contributed by atoms with Gasteiger partial charge in [-0.3, -0.25) is 0 Å². The van der Waals surface area contributed by atoms with E-state index in [4.69, 9.17) is 4.74 Å². The molecule has 178 valence electrons. The first-order valence-corrected chi connectivity index (χ1v) is 12.8. The number of nitrogens with zero attached hydrogens (tertiary/aromatic N) is 2. The lowest BCUT2D eigenvalue weighted by Gasteiger charge is -2.15. The molecule has 0 radical (unpaired) electrons. The van der Waals surface area contributed by atoms with Crippen molar-refractivity contribution >= 4 is 0 Å². The van der Waals surface area contributed by atoms with E-state index < -0.39 is 6.17 Å². The smallest absolute Gasteiger partial charge is 0.159 e. The predicted octanol–water partition coefficient (Wildman–Crippen LogP) is 8.37. The molecular formula is C28H43FN2O. The van der Waals surface area contributed by atoms with Gasteiger partial charge in [-0.1, -0.05) is 78.6 Å². The highest BCUT2D eigenvalue weighted by Gasteiger charge is 2.13. The van der Waals surface area contributed by atoms with Crippen molar-refractivity contribution in [1.82, 2.24) is 9.97 Å². The normalized spacial score (nSPS) is 13.1. The molecule has 1 aromatic carbocycles. The van der Waals surface area contributed by atoms with Crippen LogP contribution in [0.1, 0.15) is 97.0 Å². The molecule has 0 spiro atoms. The van der Waals surface area contributed by atoms with E-state index in [0.717, 1.165) is 24.8 Å². The lowest BCUT2D eigenvalue weighted by Crippen LogP contribution is -2.16. The van der Waals surface area contributed by atoms with Gasteiger partial charge in [-0.2, -0.15) is 0 Å². The minimum atomic E-state index is -0.922. The fourth-order valence-electron chi connectivity index (χ4n) is 3.98. The fourth-order valence-corrected chi connectivity index (χ4v) is 3.98. The number of rotatable bonds is 17. The van der Waals surface area contributed by atoms with Gasteiger partial charge in [-0.15, -0.1) is 0 Å². The van der Waals surface area contributed by atoms with E-state index in [2.05, 4.69) is 30.7 Å². The standard InChI is InChI=1S/C28H43FN2O/c1-4-6-8-9-10-11-12-14-24-20-30-28(31-21-24)25-15-17-27(18-16-25)32-22-26(29)19-23(3)13-7-5-2/h15-18,20-21,23,26H,4-14,19,22H2,1-3H3. The third-order valence-corrected chi connectivity index (χ3v) is 6.03.